The van der Waals surface area contributed by atoms with E-state index in [2.05, 4.69) is 9.98 Å². The number of alkyl halides is 3. The van der Waals surface area contributed by atoms with Crippen LogP contribution in [-0.4, -0.2) is 18.6 Å². The van der Waals surface area contributed by atoms with Crippen LogP contribution in [0.25, 0.3) is 11.4 Å². The molecule has 0 aliphatic rings. The van der Waals surface area contributed by atoms with Gasteiger partial charge in [-0.3, -0.25) is 9.37 Å². The molecule has 0 bridgehead atoms. The van der Waals surface area contributed by atoms with E-state index in [1.165, 1.54) is 11.5 Å². The van der Waals surface area contributed by atoms with Crippen LogP contribution < -0.4 is 4.80 Å². The van der Waals surface area contributed by atoms with Crippen LogP contribution in [-0.2, 0) is 7.05 Å². The Balaban J connectivity index is 2.43. The summed E-state index contributed by atoms with van der Waals surface area (Å²) in [5.41, 5.74) is 0.961. The Labute approximate surface area is 129 Å². The van der Waals surface area contributed by atoms with Crippen molar-refractivity contribution in [1.29, 1.82) is 5.41 Å². The summed E-state index contributed by atoms with van der Waals surface area (Å²) in [6.45, 7) is 0. The van der Waals surface area contributed by atoms with Crippen LogP contribution in [0.2, 0.25) is 0 Å². The average Bonchev–Trinajstić information content (AvgIpc) is 2.70. The lowest BCUT2D eigenvalue weighted by Crippen LogP contribution is -2.18. The normalized spacial score (nSPS) is 12.7. The summed E-state index contributed by atoms with van der Waals surface area (Å²) in [5, 5.41) is 7.56. The minimum Gasteiger partial charge on any atom is -0.283 e. The van der Waals surface area contributed by atoms with Gasteiger partial charge in [0.1, 0.15) is 0 Å². The van der Waals surface area contributed by atoms with Crippen LogP contribution in [0.5, 0.6) is 0 Å². The number of aromatic nitrogens is 2. The molecule has 1 heterocycles. The van der Waals surface area contributed by atoms with E-state index in [9.17, 15) is 0 Å². The maximum atomic E-state index is 7.56. The Bertz CT molecular complexity index is 655. The first-order valence-corrected chi connectivity index (χ1v) is 7.09. The molecule has 1 aromatic heterocycles. The van der Waals surface area contributed by atoms with Gasteiger partial charge in [0.25, 0.3) is 0 Å². The fourth-order valence-corrected chi connectivity index (χ4v) is 2.25. The van der Waals surface area contributed by atoms with Crippen molar-refractivity contribution in [2.75, 3.05) is 0 Å². The highest BCUT2D eigenvalue weighted by atomic mass is 35.6. The molecule has 2 rings (SSSR count). The molecule has 0 aliphatic carbocycles. The van der Waals surface area contributed by atoms with Gasteiger partial charge >= 0.3 is 0 Å². The van der Waals surface area contributed by atoms with Crippen molar-refractivity contribution in [3.8, 4) is 11.4 Å². The maximum Gasteiger partial charge on any atom is 0.249 e. The summed E-state index contributed by atoms with van der Waals surface area (Å²) in [6, 6.07) is 9.67. The lowest BCUT2D eigenvalue weighted by Gasteiger charge is -2.05. The number of benzene rings is 1. The summed E-state index contributed by atoms with van der Waals surface area (Å²) in [5.74, 6) is 0.396. The van der Waals surface area contributed by atoms with E-state index in [1.807, 2.05) is 41.3 Å². The van der Waals surface area contributed by atoms with E-state index in [0.29, 0.717) is 4.80 Å². The number of aryl methyl sites for hydroxylation is 1. The summed E-state index contributed by atoms with van der Waals surface area (Å²) in [4.78, 5) is 8.62. The molecular formula is C11H9Cl3N4S. The van der Waals surface area contributed by atoms with Crippen molar-refractivity contribution >= 4 is 52.2 Å². The van der Waals surface area contributed by atoms with Gasteiger partial charge in [-0.15, -0.1) is 0 Å². The Morgan fingerprint density at radius 2 is 1.95 bits per heavy atom. The Morgan fingerprint density at radius 1 is 1.32 bits per heavy atom. The van der Waals surface area contributed by atoms with Gasteiger partial charge in [0.15, 0.2) is 11.7 Å². The molecule has 2 aromatic rings. The standard InChI is InChI=1S/C11H9Cl3N4S/c1-18-8(7-5-3-2-4-6-7)16-10(19-18)17-9(15)11(12,13)14/h2-6,15H,1H3. The van der Waals surface area contributed by atoms with Crippen LogP contribution in [0.4, 0.5) is 0 Å². The number of nitrogens with one attached hydrogen (secondary N) is 1. The zero-order valence-corrected chi connectivity index (χ0v) is 12.9. The number of hydrogen-bond acceptors (Lipinski definition) is 3. The first kappa shape index (κ1) is 14.5. The molecule has 8 heteroatoms. The second kappa shape index (κ2) is 5.63. The Hall–Kier alpha value is -0.880. The van der Waals surface area contributed by atoms with Gasteiger partial charge in [-0.1, -0.05) is 65.1 Å². The zero-order valence-electron chi connectivity index (χ0n) is 9.77. The van der Waals surface area contributed by atoms with E-state index in [-0.39, 0.29) is 5.84 Å². The first-order valence-electron chi connectivity index (χ1n) is 5.18. The quantitative estimate of drug-likeness (QED) is 0.485. The molecule has 0 radical (unpaired) electrons. The van der Waals surface area contributed by atoms with Crippen LogP contribution in [0.3, 0.4) is 0 Å². The summed E-state index contributed by atoms with van der Waals surface area (Å²) in [7, 11) is 1.86. The third kappa shape index (κ3) is 3.57. The summed E-state index contributed by atoms with van der Waals surface area (Å²) < 4.78 is 0.0109. The van der Waals surface area contributed by atoms with Gasteiger partial charge < -0.3 is 0 Å². The van der Waals surface area contributed by atoms with Crippen molar-refractivity contribution in [1.82, 2.24) is 8.94 Å². The molecule has 1 N–H and O–H groups in total. The van der Waals surface area contributed by atoms with Gasteiger partial charge in [-0.05, 0) is 11.5 Å². The first-order chi connectivity index (χ1) is 8.88. The van der Waals surface area contributed by atoms with E-state index < -0.39 is 3.79 Å². The van der Waals surface area contributed by atoms with E-state index in [4.69, 9.17) is 40.2 Å². The minimum atomic E-state index is -1.84. The van der Waals surface area contributed by atoms with Crippen LogP contribution in [0.15, 0.2) is 35.3 Å². The largest absolute Gasteiger partial charge is 0.283 e. The van der Waals surface area contributed by atoms with Gasteiger partial charge in [-0.25, -0.2) is 0 Å². The molecule has 4 nitrogen and oxygen atoms in total. The molecule has 0 fully saturated rings. The number of nitrogens with zero attached hydrogens (tertiary/aromatic N) is 3. The van der Waals surface area contributed by atoms with Gasteiger partial charge in [0.05, 0.1) is 0 Å². The number of hydrogen-bond donors (Lipinski definition) is 1. The van der Waals surface area contributed by atoms with Crippen molar-refractivity contribution in [3.63, 3.8) is 0 Å². The van der Waals surface area contributed by atoms with Crippen LogP contribution in [0.1, 0.15) is 0 Å². The molecule has 0 atom stereocenters. The van der Waals surface area contributed by atoms with Crippen molar-refractivity contribution in [2.45, 2.75) is 3.79 Å². The Morgan fingerprint density at radius 3 is 2.53 bits per heavy atom. The molecule has 100 valence electrons. The van der Waals surface area contributed by atoms with Gasteiger partial charge in [-0.2, -0.15) is 9.98 Å². The number of amidine groups is 1. The second-order valence-corrected chi connectivity index (χ2v) is 7.01. The van der Waals surface area contributed by atoms with E-state index >= 15 is 0 Å². The molecule has 0 spiro atoms. The third-order valence-electron chi connectivity index (χ3n) is 2.23. The fraction of sp³-hybridized carbons (Fsp3) is 0.182. The predicted octanol–water partition coefficient (Wildman–Crippen LogP) is 3.40. The van der Waals surface area contributed by atoms with Crippen molar-refractivity contribution in [2.24, 2.45) is 12.0 Å². The average molecular weight is 336 g/mol. The molecule has 0 saturated carbocycles. The minimum absolute atomic E-state index is 0.355. The highest BCUT2D eigenvalue weighted by Gasteiger charge is 2.26. The summed E-state index contributed by atoms with van der Waals surface area (Å²) in [6.07, 6.45) is 0. The Kier molecular flexibility index (Phi) is 4.30. The number of rotatable bonds is 1. The molecule has 0 unspecified atom stereocenters. The maximum absolute atomic E-state index is 7.56. The number of halogens is 3. The molecule has 0 amide bonds. The lowest BCUT2D eigenvalue weighted by molar-refractivity contribution is 1.00. The van der Waals surface area contributed by atoms with Crippen LogP contribution in [0, 0.1) is 5.41 Å². The topological polar surface area (TPSA) is 54.0 Å². The van der Waals surface area contributed by atoms with Crippen molar-refractivity contribution in [3.05, 3.63) is 35.1 Å². The highest BCUT2D eigenvalue weighted by molar-refractivity contribution is 7.03. The summed E-state index contributed by atoms with van der Waals surface area (Å²) >= 11 is 18.0. The molecule has 0 saturated heterocycles. The van der Waals surface area contributed by atoms with Crippen molar-refractivity contribution < 1.29 is 0 Å². The third-order valence-corrected chi connectivity index (χ3v) is 3.56. The zero-order chi connectivity index (χ0) is 14.0. The second-order valence-electron chi connectivity index (χ2n) is 3.63. The SMILES string of the molecule is Cn1sc(=NC(=N)C(Cl)(Cl)Cl)nc1-c1ccccc1. The monoisotopic (exact) mass is 334 g/mol. The predicted molar refractivity (Wildman–Crippen MR) is 80.1 cm³/mol. The molecule has 1 aromatic carbocycles. The van der Waals surface area contributed by atoms with Crippen LogP contribution >= 0.6 is 46.3 Å². The van der Waals surface area contributed by atoms with Gasteiger partial charge in [0, 0.05) is 12.6 Å². The highest BCUT2D eigenvalue weighted by Crippen LogP contribution is 2.27. The lowest BCUT2D eigenvalue weighted by atomic mass is 10.2. The molecule has 0 aliphatic heterocycles. The smallest absolute Gasteiger partial charge is 0.249 e. The molecular weight excluding hydrogens is 327 g/mol. The van der Waals surface area contributed by atoms with Gasteiger partial charge in [0.2, 0.25) is 8.59 Å². The fourth-order valence-electron chi connectivity index (χ4n) is 1.39. The molecule has 19 heavy (non-hydrogen) atoms. The van der Waals surface area contributed by atoms with E-state index in [1.54, 1.807) is 0 Å². The van der Waals surface area contributed by atoms with E-state index in [0.717, 1.165) is 11.4 Å².